The van der Waals surface area contributed by atoms with E-state index in [9.17, 15) is 9.18 Å². The number of carbonyl (C=O) groups is 1. The molecule has 1 aliphatic rings. The quantitative estimate of drug-likeness (QED) is 0.691. The number of benzene rings is 1. The third-order valence-electron chi connectivity index (χ3n) is 3.82. The Bertz CT molecular complexity index is 730. The average molecular weight is 331 g/mol. The summed E-state index contributed by atoms with van der Waals surface area (Å²) in [6.07, 6.45) is 1.68. The van der Waals surface area contributed by atoms with Crippen molar-refractivity contribution in [2.75, 3.05) is 5.75 Å². The molecule has 1 aliphatic carbocycles. The van der Waals surface area contributed by atoms with E-state index in [-0.39, 0.29) is 23.5 Å². The molecule has 6 heteroatoms. The lowest BCUT2D eigenvalue weighted by molar-refractivity contribution is -0.119. The SMILES string of the molecule is Cc1cc(C)nc(SCC(=O)N[C@@H]2CCc3ccc(F)cc32)n1. The van der Waals surface area contributed by atoms with Crippen molar-refractivity contribution in [1.82, 2.24) is 15.3 Å². The molecule has 1 N–H and O–H groups in total. The maximum absolute atomic E-state index is 13.4. The Morgan fingerprint density at radius 1 is 1.30 bits per heavy atom. The first-order chi connectivity index (χ1) is 11.0. The number of aromatic nitrogens is 2. The molecule has 0 fully saturated rings. The van der Waals surface area contributed by atoms with Gasteiger partial charge in [-0.1, -0.05) is 17.8 Å². The predicted octanol–water partition coefficient (Wildman–Crippen LogP) is 3.13. The normalized spacial score (nSPS) is 16.2. The summed E-state index contributed by atoms with van der Waals surface area (Å²) >= 11 is 1.32. The van der Waals surface area contributed by atoms with Crippen molar-refractivity contribution >= 4 is 17.7 Å². The molecule has 0 saturated heterocycles. The molecule has 1 aromatic carbocycles. The molecule has 0 radical (unpaired) electrons. The second kappa shape index (κ2) is 6.66. The minimum Gasteiger partial charge on any atom is -0.349 e. The van der Waals surface area contributed by atoms with Gasteiger partial charge in [0.2, 0.25) is 5.91 Å². The molecular weight excluding hydrogens is 313 g/mol. The first kappa shape index (κ1) is 15.9. The number of hydrogen-bond donors (Lipinski definition) is 1. The Morgan fingerprint density at radius 3 is 2.78 bits per heavy atom. The number of thioether (sulfide) groups is 1. The number of aryl methyl sites for hydroxylation is 3. The van der Waals surface area contributed by atoms with Crippen LogP contribution in [0.2, 0.25) is 0 Å². The van der Waals surface area contributed by atoms with E-state index in [0.717, 1.165) is 35.4 Å². The van der Waals surface area contributed by atoms with Gasteiger partial charge in [0.05, 0.1) is 11.8 Å². The number of hydrogen-bond acceptors (Lipinski definition) is 4. The number of fused-ring (bicyclic) bond motifs is 1. The third kappa shape index (κ3) is 3.88. The number of nitrogens with zero attached hydrogens (tertiary/aromatic N) is 2. The van der Waals surface area contributed by atoms with Gasteiger partial charge in [0, 0.05) is 11.4 Å². The Balaban J connectivity index is 1.60. The van der Waals surface area contributed by atoms with Crippen LogP contribution in [0, 0.1) is 19.7 Å². The Hall–Kier alpha value is -1.95. The van der Waals surface area contributed by atoms with Crippen molar-refractivity contribution in [3.05, 3.63) is 52.6 Å². The van der Waals surface area contributed by atoms with Crippen LogP contribution in [0.25, 0.3) is 0 Å². The van der Waals surface area contributed by atoms with Crippen molar-refractivity contribution in [3.63, 3.8) is 0 Å². The number of amides is 1. The van der Waals surface area contributed by atoms with Gasteiger partial charge in [0.1, 0.15) is 5.82 Å². The van der Waals surface area contributed by atoms with Gasteiger partial charge in [-0.3, -0.25) is 4.79 Å². The van der Waals surface area contributed by atoms with Gasteiger partial charge in [-0.15, -0.1) is 0 Å². The van der Waals surface area contributed by atoms with Crippen molar-refractivity contribution in [2.45, 2.75) is 37.9 Å². The molecule has 0 aliphatic heterocycles. The summed E-state index contributed by atoms with van der Waals surface area (Å²) < 4.78 is 13.4. The van der Waals surface area contributed by atoms with E-state index in [1.54, 1.807) is 6.07 Å². The van der Waals surface area contributed by atoms with Crippen molar-refractivity contribution < 1.29 is 9.18 Å². The average Bonchev–Trinajstić information content (AvgIpc) is 2.86. The summed E-state index contributed by atoms with van der Waals surface area (Å²) in [7, 11) is 0. The molecule has 1 amide bonds. The molecule has 0 spiro atoms. The Labute approximate surface area is 138 Å². The smallest absolute Gasteiger partial charge is 0.230 e. The molecular formula is C17H18FN3OS. The fourth-order valence-electron chi connectivity index (χ4n) is 2.85. The van der Waals surface area contributed by atoms with E-state index in [0.29, 0.717) is 5.16 Å². The molecule has 1 atom stereocenters. The highest BCUT2D eigenvalue weighted by Gasteiger charge is 2.24. The van der Waals surface area contributed by atoms with E-state index in [1.807, 2.05) is 19.9 Å². The Morgan fingerprint density at radius 2 is 2.04 bits per heavy atom. The molecule has 0 saturated carbocycles. The summed E-state index contributed by atoms with van der Waals surface area (Å²) in [5, 5.41) is 3.59. The van der Waals surface area contributed by atoms with E-state index in [4.69, 9.17) is 0 Å². The van der Waals surface area contributed by atoms with Crippen LogP contribution in [-0.4, -0.2) is 21.6 Å². The Kier molecular flexibility index (Phi) is 4.61. The minimum absolute atomic E-state index is 0.0835. The highest BCUT2D eigenvalue weighted by molar-refractivity contribution is 7.99. The lowest BCUT2D eigenvalue weighted by Gasteiger charge is -2.14. The van der Waals surface area contributed by atoms with Gasteiger partial charge >= 0.3 is 0 Å². The predicted molar refractivity (Wildman–Crippen MR) is 87.8 cm³/mol. The van der Waals surface area contributed by atoms with E-state index in [2.05, 4.69) is 15.3 Å². The molecule has 1 heterocycles. The molecule has 23 heavy (non-hydrogen) atoms. The lowest BCUT2D eigenvalue weighted by Crippen LogP contribution is -2.28. The van der Waals surface area contributed by atoms with Crippen LogP contribution < -0.4 is 5.32 Å². The summed E-state index contributed by atoms with van der Waals surface area (Å²) in [4.78, 5) is 20.8. The highest BCUT2D eigenvalue weighted by atomic mass is 32.2. The zero-order valence-corrected chi connectivity index (χ0v) is 13.9. The minimum atomic E-state index is -0.261. The third-order valence-corrected chi connectivity index (χ3v) is 4.66. The molecule has 2 aromatic rings. The number of rotatable bonds is 4. The van der Waals surface area contributed by atoms with Crippen LogP contribution in [0.3, 0.4) is 0 Å². The summed E-state index contributed by atoms with van der Waals surface area (Å²) in [6, 6.07) is 6.58. The largest absolute Gasteiger partial charge is 0.349 e. The first-order valence-corrected chi connectivity index (χ1v) is 8.52. The summed E-state index contributed by atoms with van der Waals surface area (Å²) in [5.74, 6) is -0.0906. The highest BCUT2D eigenvalue weighted by Crippen LogP contribution is 2.31. The second-order valence-electron chi connectivity index (χ2n) is 5.72. The standard InChI is InChI=1S/C17H18FN3OS/c1-10-7-11(2)20-17(19-10)23-9-16(22)21-15-6-4-12-3-5-13(18)8-14(12)15/h3,5,7-8,15H,4,6,9H2,1-2H3,(H,21,22)/t15-/m1/s1. The van der Waals surface area contributed by atoms with Gasteiger partial charge in [-0.25, -0.2) is 14.4 Å². The van der Waals surface area contributed by atoms with Gasteiger partial charge in [0.15, 0.2) is 5.16 Å². The number of carbonyl (C=O) groups excluding carboxylic acids is 1. The van der Waals surface area contributed by atoms with E-state index in [1.165, 1.54) is 23.9 Å². The molecule has 3 rings (SSSR count). The molecule has 0 bridgehead atoms. The summed E-state index contributed by atoms with van der Waals surface area (Å²) in [5.41, 5.74) is 3.79. The monoisotopic (exact) mass is 331 g/mol. The van der Waals surface area contributed by atoms with E-state index >= 15 is 0 Å². The zero-order chi connectivity index (χ0) is 16.4. The zero-order valence-electron chi connectivity index (χ0n) is 13.1. The van der Waals surface area contributed by atoms with Gasteiger partial charge in [-0.05, 0) is 56.0 Å². The van der Waals surface area contributed by atoms with Crippen LogP contribution >= 0.6 is 11.8 Å². The lowest BCUT2D eigenvalue weighted by atomic mass is 10.1. The fourth-order valence-corrected chi connectivity index (χ4v) is 3.61. The van der Waals surface area contributed by atoms with E-state index < -0.39 is 0 Å². The molecule has 4 nitrogen and oxygen atoms in total. The van der Waals surface area contributed by atoms with Crippen molar-refractivity contribution in [1.29, 1.82) is 0 Å². The van der Waals surface area contributed by atoms with Crippen LogP contribution in [0.5, 0.6) is 0 Å². The topological polar surface area (TPSA) is 54.9 Å². The van der Waals surface area contributed by atoms with Gasteiger partial charge in [-0.2, -0.15) is 0 Å². The summed E-state index contributed by atoms with van der Waals surface area (Å²) in [6.45, 7) is 3.81. The maximum Gasteiger partial charge on any atom is 0.230 e. The first-order valence-electron chi connectivity index (χ1n) is 7.54. The van der Waals surface area contributed by atoms with Gasteiger partial charge < -0.3 is 5.32 Å². The molecule has 1 aromatic heterocycles. The van der Waals surface area contributed by atoms with Crippen molar-refractivity contribution in [2.24, 2.45) is 0 Å². The number of halogens is 1. The number of nitrogens with one attached hydrogen (secondary N) is 1. The molecule has 120 valence electrons. The van der Waals surface area contributed by atoms with Crippen LogP contribution in [0.4, 0.5) is 4.39 Å². The van der Waals surface area contributed by atoms with Gasteiger partial charge in [0.25, 0.3) is 0 Å². The maximum atomic E-state index is 13.4. The fraction of sp³-hybridized carbons (Fsp3) is 0.353. The van der Waals surface area contributed by atoms with Crippen LogP contribution in [0.15, 0.2) is 29.4 Å². The van der Waals surface area contributed by atoms with Crippen LogP contribution in [0.1, 0.15) is 35.0 Å². The van der Waals surface area contributed by atoms with Crippen molar-refractivity contribution in [3.8, 4) is 0 Å². The second-order valence-corrected chi connectivity index (χ2v) is 6.67. The van der Waals surface area contributed by atoms with Crippen LogP contribution in [-0.2, 0) is 11.2 Å². The molecule has 0 unspecified atom stereocenters.